The molecule has 1 atom stereocenters. The summed E-state index contributed by atoms with van der Waals surface area (Å²) in [7, 11) is 0. The second kappa shape index (κ2) is 7.53. The van der Waals surface area contributed by atoms with Crippen molar-refractivity contribution < 1.29 is 8.78 Å². The van der Waals surface area contributed by atoms with E-state index in [9.17, 15) is 8.78 Å². The zero-order valence-electron chi connectivity index (χ0n) is 11.9. The third-order valence-corrected chi connectivity index (χ3v) is 3.80. The lowest BCUT2D eigenvalue weighted by molar-refractivity contribution is 0.496. The van der Waals surface area contributed by atoms with Crippen molar-refractivity contribution in [1.82, 2.24) is 5.32 Å². The second-order valence-corrected chi connectivity index (χ2v) is 5.32. The highest BCUT2D eigenvalue weighted by atomic mass is 35.5. The molecule has 0 aliphatic carbocycles. The molecular weight excluding hydrogens is 292 g/mol. The first-order valence-corrected chi connectivity index (χ1v) is 7.42. The third-order valence-electron chi connectivity index (χ3n) is 3.38. The minimum atomic E-state index is -0.447. The molecule has 0 aliphatic rings. The largest absolute Gasteiger partial charge is 0.310 e. The van der Waals surface area contributed by atoms with Crippen LogP contribution in [-0.2, 0) is 6.42 Å². The Kier molecular flexibility index (Phi) is 5.71. The lowest BCUT2D eigenvalue weighted by Crippen LogP contribution is -2.25. The summed E-state index contributed by atoms with van der Waals surface area (Å²) < 4.78 is 27.5. The van der Waals surface area contributed by atoms with Gasteiger partial charge in [0.05, 0.1) is 5.02 Å². The van der Waals surface area contributed by atoms with Crippen LogP contribution in [0.1, 0.15) is 30.5 Å². The van der Waals surface area contributed by atoms with Gasteiger partial charge in [0.25, 0.3) is 0 Å². The minimum Gasteiger partial charge on any atom is -0.310 e. The van der Waals surface area contributed by atoms with Crippen LogP contribution in [0.2, 0.25) is 5.02 Å². The van der Waals surface area contributed by atoms with E-state index in [2.05, 4.69) is 5.32 Å². The molecule has 0 fully saturated rings. The first-order valence-electron chi connectivity index (χ1n) is 7.04. The molecule has 2 aromatic rings. The molecule has 0 amide bonds. The van der Waals surface area contributed by atoms with Gasteiger partial charge in [-0.15, -0.1) is 0 Å². The molecule has 0 heterocycles. The quantitative estimate of drug-likeness (QED) is 0.800. The molecule has 1 N–H and O–H groups in total. The highest BCUT2D eigenvalue weighted by molar-refractivity contribution is 6.31. The summed E-state index contributed by atoms with van der Waals surface area (Å²) in [6, 6.07) is 11.1. The molecule has 2 aromatic carbocycles. The molecule has 21 heavy (non-hydrogen) atoms. The fourth-order valence-electron chi connectivity index (χ4n) is 2.29. The van der Waals surface area contributed by atoms with Gasteiger partial charge in [-0.2, -0.15) is 0 Å². The van der Waals surface area contributed by atoms with Crippen LogP contribution in [-0.4, -0.2) is 6.54 Å². The van der Waals surface area contributed by atoms with Gasteiger partial charge in [0.15, 0.2) is 0 Å². The van der Waals surface area contributed by atoms with E-state index in [4.69, 9.17) is 11.6 Å². The molecule has 4 heteroatoms. The number of hydrogen-bond acceptors (Lipinski definition) is 1. The van der Waals surface area contributed by atoms with Crippen LogP contribution in [0.25, 0.3) is 0 Å². The summed E-state index contributed by atoms with van der Waals surface area (Å²) in [6.45, 7) is 2.80. The summed E-state index contributed by atoms with van der Waals surface area (Å²) in [4.78, 5) is 0. The van der Waals surface area contributed by atoms with Crippen LogP contribution in [0, 0.1) is 11.6 Å². The molecule has 1 nitrogen and oxygen atoms in total. The highest BCUT2D eigenvalue weighted by Gasteiger charge is 2.17. The molecule has 0 aromatic heterocycles. The smallest absolute Gasteiger partial charge is 0.142 e. The van der Waals surface area contributed by atoms with Crippen molar-refractivity contribution in [3.05, 3.63) is 70.2 Å². The predicted octanol–water partition coefficient (Wildman–Crippen LogP) is 4.90. The van der Waals surface area contributed by atoms with Gasteiger partial charge in [-0.05, 0) is 37.1 Å². The molecule has 0 radical (unpaired) electrons. The topological polar surface area (TPSA) is 12.0 Å². The van der Waals surface area contributed by atoms with E-state index in [1.807, 2.05) is 6.92 Å². The second-order valence-electron chi connectivity index (χ2n) is 4.95. The molecule has 0 bridgehead atoms. The highest BCUT2D eigenvalue weighted by Crippen LogP contribution is 2.26. The average Bonchev–Trinajstić information content (AvgIpc) is 2.48. The van der Waals surface area contributed by atoms with Crippen molar-refractivity contribution >= 4 is 11.6 Å². The maximum Gasteiger partial charge on any atom is 0.142 e. The zero-order chi connectivity index (χ0) is 15.2. The number of nitrogens with one attached hydrogen (secondary N) is 1. The monoisotopic (exact) mass is 309 g/mol. The fourth-order valence-corrected chi connectivity index (χ4v) is 2.50. The van der Waals surface area contributed by atoms with E-state index in [1.165, 1.54) is 12.1 Å². The van der Waals surface area contributed by atoms with Gasteiger partial charge in [-0.25, -0.2) is 8.78 Å². The van der Waals surface area contributed by atoms with Crippen molar-refractivity contribution in [3.8, 4) is 0 Å². The molecule has 112 valence electrons. The minimum absolute atomic E-state index is 0.108. The van der Waals surface area contributed by atoms with Crippen molar-refractivity contribution in [2.75, 3.05) is 6.54 Å². The molecular formula is C17H18ClF2N. The molecule has 0 saturated heterocycles. The standard InChI is InChI=1S/C17H18ClF2N/c1-2-10-21-16(13-7-3-4-8-14(13)19)11-12-6-5-9-15(20)17(12)18/h3-9,16,21H,2,10-11H2,1H3. The Labute approximate surface area is 128 Å². The summed E-state index contributed by atoms with van der Waals surface area (Å²) in [6.07, 6.45) is 1.37. The Morgan fingerprint density at radius 3 is 2.48 bits per heavy atom. The van der Waals surface area contributed by atoms with Gasteiger partial charge in [-0.1, -0.05) is 48.9 Å². The lowest BCUT2D eigenvalue weighted by Gasteiger charge is -2.20. The normalized spacial score (nSPS) is 12.4. The molecule has 0 aliphatic heterocycles. The Hall–Kier alpha value is -1.45. The number of halogens is 3. The van der Waals surface area contributed by atoms with E-state index < -0.39 is 5.82 Å². The maximum atomic E-state index is 14.0. The molecule has 2 rings (SSSR count). The van der Waals surface area contributed by atoms with Crippen molar-refractivity contribution in [3.63, 3.8) is 0 Å². The van der Waals surface area contributed by atoms with Crippen LogP contribution in [0.15, 0.2) is 42.5 Å². The van der Waals surface area contributed by atoms with E-state index >= 15 is 0 Å². The van der Waals surface area contributed by atoms with Gasteiger partial charge >= 0.3 is 0 Å². The van der Waals surface area contributed by atoms with Crippen LogP contribution >= 0.6 is 11.6 Å². The SMILES string of the molecule is CCCNC(Cc1cccc(F)c1Cl)c1ccccc1F. The third kappa shape index (κ3) is 4.02. The molecule has 1 unspecified atom stereocenters. The number of rotatable bonds is 6. The Morgan fingerprint density at radius 1 is 1.05 bits per heavy atom. The summed E-state index contributed by atoms with van der Waals surface area (Å²) in [5.41, 5.74) is 1.25. The number of hydrogen-bond donors (Lipinski definition) is 1. The van der Waals surface area contributed by atoms with Gasteiger partial charge in [0, 0.05) is 11.6 Å². The van der Waals surface area contributed by atoms with Crippen LogP contribution < -0.4 is 5.32 Å². The first-order chi connectivity index (χ1) is 10.1. The Balaban J connectivity index is 2.28. The molecule has 0 spiro atoms. The van der Waals surface area contributed by atoms with Crippen molar-refractivity contribution in [2.45, 2.75) is 25.8 Å². The van der Waals surface area contributed by atoms with Gasteiger partial charge in [0.2, 0.25) is 0 Å². The van der Waals surface area contributed by atoms with Crippen LogP contribution in [0.3, 0.4) is 0 Å². The predicted molar refractivity (Wildman–Crippen MR) is 82.5 cm³/mol. The van der Waals surface area contributed by atoms with Gasteiger partial charge in [-0.3, -0.25) is 0 Å². The van der Waals surface area contributed by atoms with Gasteiger partial charge in [0.1, 0.15) is 11.6 Å². The number of benzene rings is 2. The lowest BCUT2D eigenvalue weighted by atomic mass is 9.98. The van der Waals surface area contributed by atoms with Crippen LogP contribution in [0.4, 0.5) is 8.78 Å². The summed E-state index contributed by atoms with van der Waals surface area (Å²) >= 11 is 6.00. The zero-order valence-corrected chi connectivity index (χ0v) is 12.6. The average molecular weight is 310 g/mol. The summed E-state index contributed by atoms with van der Waals surface area (Å²) in [5, 5.41) is 3.41. The van der Waals surface area contributed by atoms with E-state index in [0.29, 0.717) is 17.5 Å². The summed E-state index contributed by atoms with van der Waals surface area (Å²) in [5.74, 6) is -0.712. The van der Waals surface area contributed by atoms with Crippen LogP contribution in [0.5, 0.6) is 0 Å². The Bertz CT molecular complexity index is 601. The van der Waals surface area contributed by atoms with E-state index in [0.717, 1.165) is 13.0 Å². The first kappa shape index (κ1) is 15.9. The maximum absolute atomic E-state index is 14.0. The Morgan fingerprint density at radius 2 is 1.76 bits per heavy atom. The van der Waals surface area contributed by atoms with E-state index in [-0.39, 0.29) is 16.9 Å². The van der Waals surface area contributed by atoms with Crippen molar-refractivity contribution in [2.24, 2.45) is 0 Å². The fraction of sp³-hybridized carbons (Fsp3) is 0.294. The van der Waals surface area contributed by atoms with E-state index in [1.54, 1.807) is 30.3 Å². The molecule has 0 saturated carbocycles. The van der Waals surface area contributed by atoms with Gasteiger partial charge < -0.3 is 5.32 Å². The van der Waals surface area contributed by atoms with Crippen molar-refractivity contribution in [1.29, 1.82) is 0 Å².